The number of hydrogen-bond acceptors (Lipinski definition) is 2. The number of anilines is 2. The van der Waals surface area contributed by atoms with E-state index in [0.29, 0.717) is 0 Å². The van der Waals surface area contributed by atoms with E-state index >= 15 is 0 Å². The van der Waals surface area contributed by atoms with E-state index in [1.165, 1.54) is 136 Å². The summed E-state index contributed by atoms with van der Waals surface area (Å²) in [5.74, 6) is 0. The molecule has 4 aliphatic rings. The van der Waals surface area contributed by atoms with E-state index in [1.54, 1.807) is 0 Å². The zero-order valence-corrected chi connectivity index (χ0v) is 29.8. The molecule has 3 aliphatic carbocycles. The summed E-state index contributed by atoms with van der Waals surface area (Å²) in [4.78, 5) is 5.64. The van der Waals surface area contributed by atoms with Crippen LogP contribution in [0.15, 0.2) is 30.3 Å². The minimum atomic E-state index is -2.00. The summed E-state index contributed by atoms with van der Waals surface area (Å²) in [6.45, 7) is 13.7. The fourth-order valence-electron chi connectivity index (χ4n) is 11.0. The monoisotopic (exact) mass is 622 g/mol. The Kier molecular flexibility index (Phi) is 10.1. The first-order valence-electron chi connectivity index (χ1n) is 18.1. The molecular weight excluding hydrogens is 563 g/mol. The molecule has 0 aromatic heterocycles. The van der Waals surface area contributed by atoms with Gasteiger partial charge in [-0.25, -0.2) is 0 Å². The molecule has 0 spiro atoms. The van der Waals surface area contributed by atoms with E-state index in [4.69, 9.17) is 11.6 Å². The Labute approximate surface area is 269 Å². The fraction of sp³-hybridized carbons (Fsp3) is 0.692. The molecule has 238 valence electrons. The van der Waals surface area contributed by atoms with Crippen LogP contribution >= 0.6 is 18.9 Å². The van der Waals surface area contributed by atoms with Gasteiger partial charge in [-0.2, -0.15) is 0 Å². The standard InChI is InChI=1S/C39H60ClN2P/c1-28-21-22-36(30(3)25-28)41-23-24-42(37-31(4)26-29(2)27-32(37)5)39(41)38(40)43(33-15-9-6-10-16-33,34-17-11-7-12-18-34)35-19-13-8-14-20-35/h21-22,25-27,33-35,38-39,43H,6-20,23-24H2,1-5H3/t38-,39?/m0/s1. The second-order valence-corrected chi connectivity index (χ2v) is 21.2. The molecule has 2 atom stereocenters. The van der Waals surface area contributed by atoms with Gasteiger partial charge in [-0.3, -0.25) is 0 Å². The summed E-state index contributed by atoms with van der Waals surface area (Å²) in [6.07, 6.45) is 21.9. The van der Waals surface area contributed by atoms with Crippen LogP contribution in [0.3, 0.4) is 0 Å². The zero-order chi connectivity index (χ0) is 30.1. The Morgan fingerprint density at radius 1 is 0.581 bits per heavy atom. The van der Waals surface area contributed by atoms with Crippen molar-refractivity contribution in [1.29, 1.82) is 0 Å². The van der Waals surface area contributed by atoms with Crippen LogP contribution in [0.2, 0.25) is 0 Å². The van der Waals surface area contributed by atoms with Crippen LogP contribution < -0.4 is 9.80 Å². The van der Waals surface area contributed by atoms with Crippen molar-refractivity contribution < 1.29 is 0 Å². The van der Waals surface area contributed by atoms with Crippen LogP contribution in [0.5, 0.6) is 0 Å². The van der Waals surface area contributed by atoms with Gasteiger partial charge >= 0.3 is 270 Å². The Bertz CT molecular complexity index is 1170. The molecule has 0 N–H and O–H groups in total. The van der Waals surface area contributed by atoms with Crippen molar-refractivity contribution in [3.63, 3.8) is 0 Å². The summed E-state index contributed by atoms with van der Waals surface area (Å²) in [7, 11) is -2.00. The number of hydrogen-bond donors (Lipinski definition) is 0. The number of halogens is 1. The average molecular weight is 623 g/mol. The van der Waals surface area contributed by atoms with Crippen molar-refractivity contribution in [3.8, 4) is 0 Å². The van der Waals surface area contributed by atoms with E-state index < -0.39 is 7.26 Å². The molecule has 1 heterocycles. The van der Waals surface area contributed by atoms with Gasteiger partial charge in [0.2, 0.25) is 0 Å². The number of nitrogens with zero attached hydrogens (tertiary/aromatic N) is 2. The summed E-state index contributed by atoms with van der Waals surface area (Å²) in [6, 6.07) is 12.0. The van der Waals surface area contributed by atoms with Crippen LogP contribution in [0, 0.1) is 34.6 Å². The second kappa shape index (κ2) is 13.6. The Morgan fingerprint density at radius 3 is 1.49 bits per heavy atom. The third kappa shape index (κ3) is 6.03. The second-order valence-electron chi connectivity index (χ2n) is 15.2. The van der Waals surface area contributed by atoms with Crippen LogP contribution in [-0.4, -0.2) is 41.4 Å². The SMILES string of the molecule is Cc1ccc(N2CCN(c3c(C)cc(C)cc3C)C2[C@@H](Cl)[PH](C2CCCCC2)(C2CCCCC2)C2CCCCC2)c(C)c1. The Morgan fingerprint density at radius 2 is 1.02 bits per heavy atom. The fourth-order valence-corrected chi connectivity index (χ4v) is 21.3. The van der Waals surface area contributed by atoms with Crippen LogP contribution in [0.25, 0.3) is 0 Å². The first kappa shape index (κ1) is 31.7. The molecule has 1 aliphatic heterocycles. The van der Waals surface area contributed by atoms with Gasteiger partial charge in [0.1, 0.15) is 0 Å². The van der Waals surface area contributed by atoms with E-state index in [2.05, 4.69) is 74.8 Å². The van der Waals surface area contributed by atoms with Gasteiger partial charge in [-0.05, 0) is 0 Å². The van der Waals surface area contributed by atoms with Crippen LogP contribution in [0.1, 0.15) is 124 Å². The van der Waals surface area contributed by atoms with Crippen LogP contribution in [-0.2, 0) is 0 Å². The number of aryl methyl sites for hydroxylation is 5. The quantitative estimate of drug-likeness (QED) is 0.224. The van der Waals surface area contributed by atoms with Crippen molar-refractivity contribution >= 4 is 30.2 Å². The first-order valence-corrected chi connectivity index (χ1v) is 20.9. The van der Waals surface area contributed by atoms with E-state index in [1.807, 2.05) is 0 Å². The average Bonchev–Trinajstić information content (AvgIpc) is 3.43. The van der Waals surface area contributed by atoms with E-state index in [9.17, 15) is 0 Å². The van der Waals surface area contributed by atoms with Crippen molar-refractivity contribution in [3.05, 3.63) is 58.1 Å². The van der Waals surface area contributed by atoms with E-state index in [-0.39, 0.29) is 11.3 Å². The number of benzene rings is 2. The molecule has 2 aromatic carbocycles. The zero-order valence-electron chi connectivity index (χ0n) is 28.1. The van der Waals surface area contributed by atoms with Crippen molar-refractivity contribution in [2.24, 2.45) is 0 Å². The maximum atomic E-state index is 8.60. The summed E-state index contributed by atoms with van der Waals surface area (Å²) < 4.78 is 0. The van der Waals surface area contributed by atoms with Crippen molar-refractivity contribution in [1.82, 2.24) is 0 Å². The van der Waals surface area contributed by atoms with E-state index in [0.717, 1.165) is 30.1 Å². The number of alkyl halides is 1. The molecule has 2 nitrogen and oxygen atoms in total. The summed E-state index contributed by atoms with van der Waals surface area (Å²) in [5, 5.41) is 0.241. The molecule has 3 saturated carbocycles. The Hall–Kier alpha value is -1.24. The molecule has 1 unspecified atom stereocenters. The molecule has 0 bridgehead atoms. The molecule has 4 fully saturated rings. The first-order chi connectivity index (χ1) is 20.8. The molecular formula is C39H60ClN2P. The molecule has 6 rings (SSSR count). The van der Waals surface area contributed by atoms with Crippen LogP contribution in [0.4, 0.5) is 11.4 Å². The molecule has 0 radical (unpaired) electrons. The predicted molar refractivity (Wildman–Crippen MR) is 194 cm³/mol. The van der Waals surface area contributed by atoms with Gasteiger partial charge in [0.05, 0.1) is 0 Å². The maximum absolute atomic E-state index is 8.60. The summed E-state index contributed by atoms with van der Waals surface area (Å²) in [5.41, 5.74) is 12.6. The normalized spacial score (nSPS) is 24.5. The molecule has 1 saturated heterocycles. The summed E-state index contributed by atoms with van der Waals surface area (Å²) >= 11 is 8.60. The third-order valence-corrected chi connectivity index (χ3v) is 21.1. The van der Waals surface area contributed by atoms with Crippen molar-refractivity contribution in [2.75, 3.05) is 22.9 Å². The van der Waals surface area contributed by atoms with Crippen molar-refractivity contribution in [2.45, 2.75) is 159 Å². The topological polar surface area (TPSA) is 6.48 Å². The molecule has 2 aromatic rings. The molecule has 43 heavy (non-hydrogen) atoms. The predicted octanol–water partition coefficient (Wildman–Crippen LogP) is 11.2. The third-order valence-electron chi connectivity index (χ3n) is 12.5. The molecule has 4 heteroatoms. The van der Waals surface area contributed by atoms with Gasteiger partial charge in [0, 0.05) is 0 Å². The molecule has 0 amide bonds. The number of rotatable bonds is 7. The van der Waals surface area contributed by atoms with Gasteiger partial charge in [-0.15, -0.1) is 0 Å². The van der Waals surface area contributed by atoms with Gasteiger partial charge in [0.15, 0.2) is 0 Å². The van der Waals surface area contributed by atoms with Gasteiger partial charge < -0.3 is 0 Å². The van der Waals surface area contributed by atoms with Gasteiger partial charge in [0.25, 0.3) is 0 Å². The minimum absolute atomic E-state index is 0.237. The van der Waals surface area contributed by atoms with Gasteiger partial charge in [-0.1, -0.05) is 0 Å². The Balaban J connectivity index is 1.54.